The van der Waals surface area contributed by atoms with Crippen LogP contribution < -0.4 is 4.74 Å². The van der Waals surface area contributed by atoms with Crippen LogP contribution in [-0.2, 0) is 9.53 Å². The Morgan fingerprint density at radius 2 is 1.05 bits per heavy atom. The molecule has 3 aromatic carbocycles. The lowest BCUT2D eigenvalue weighted by atomic mass is 9.93. The van der Waals surface area contributed by atoms with Crippen LogP contribution in [0.1, 0.15) is 135 Å². The molecule has 1 unspecified atom stereocenters. The van der Waals surface area contributed by atoms with Crippen molar-refractivity contribution in [1.82, 2.24) is 0 Å². The fraction of sp³-hybridized carbons (Fsp3) is 0.525. The van der Waals surface area contributed by atoms with Gasteiger partial charge in [-0.3, -0.25) is 4.79 Å². The Morgan fingerprint density at radius 3 is 1.58 bits per heavy atom. The SMILES string of the molecule is CCCCCCCCCCCCCOc1ccc(-c2ccccc2-c2ccc(C(C)OC(=O)CCCCCC)cc2)cc1. The summed E-state index contributed by atoms with van der Waals surface area (Å²) in [5.74, 6) is 0.829. The second-order valence-corrected chi connectivity index (χ2v) is 12.0. The minimum atomic E-state index is -0.249. The largest absolute Gasteiger partial charge is 0.494 e. The Morgan fingerprint density at radius 1 is 0.581 bits per heavy atom. The average molecular weight is 585 g/mol. The highest BCUT2D eigenvalue weighted by Crippen LogP contribution is 2.34. The van der Waals surface area contributed by atoms with E-state index >= 15 is 0 Å². The van der Waals surface area contributed by atoms with Crippen LogP contribution in [0.3, 0.4) is 0 Å². The molecule has 0 spiro atoms. The standard InChI is InChI=1S/C40H56O3/c1-4-6-8-10-11-12-13-14-15-16-20-32-42-37-30-28-36(29-31-37)39-22-19-18-21-38(39)35-26-24-34(25-27-35)33(3)43-40(41)23-17-9-7-5-2/h18-19,21-22,24-31,33H,4-17,20,23,32H2,1-3H3. The quantitative estimate of drug-likeness (QED) is 0.0870. The van der Waals surface area contributed by atoms with Gasteiger partial charge in [-0.2, -0.15) is 0 Å². The van der Waals surface area contributed by atoms with Crippen LogP contribution in [0.4, 0.5) is 0 Å². The molecule has 0 aliphatic heterocycles. The minimum Gasteiger partial charge on any atom is -0.494 e. The summed E-state index contributed by atoms with van der Waals surface area (Å²) >= 11 is 0. The van der Waals surface area contributed by atoms with E-state index in [-0.39, 0.29) is 12.1 Å². The number of carbonyl (C=O) groups is 1. The summed E-state index contributed by atoms with van der Waals surface area (Å²) in [7, 11) is 0. The van der Waals surface area contributed by atoms with Crippen LogP contribution in [-0.4, -0.2) is 12.6 Å². The highest BCUT2D eigenvalue weighted by Gasteiger charge is 2.13. The first-order valence-corrected chi connectivity index (χ1v) is 17.2. The zero-order valence-electron chi connectivity index (χ0n) is 27.3. The summed E-state index contributed by atoms with van der Waals surface area (Å²) in [6.07, 6.45) is 19.4. The number of hydrogen-bond acceptors (Lipinski definition) is 3. The molecular formula is C40H56O3. The maximum atomic E-state index is 12.2. The van der Waals surface area contributed by atoms with Gasteiger partial charge in [0.05, 0.1) is 6.61 Å². The molecular weight excluding hydrogens is 528 g/mol. The summed E-state index contributed by atoms with van der Waals surface area (Å²) in [6.45, 7) is 7.19. The number of carbonyl (C=O) groups excluding carboxylic acids is 1. The molecule has 0 fully saturated rings. The van der Waals surface area contributed by atoms with Gasteiger partial charge in [0, 0.05) is 6.42 Å². The topological polar surface area (TPSA) is 35.5 Å². The molecule has 1 atom stereocenters. The molecule has 43 heavy (non-hydrogen) atoms. The lowest BCUT2D eigenvalue weighted by Crippen LogP contribution is -2.08. The molecule has 3 rings (SSSR count). The summed E-state index contributed by atoms with van der Waals surface area (Å²) in [5.41, 5.74) is 5.71. The van der Waals surface area contributed by atoms with Gasteiger partial charge in [-0.1, -0.05) is 158 Å². The smallest absolute Gasteiger partial charge is 0.306 e. The van der Waals surface area contributed by atoms with Gasteiger partial charge in [-0.15, -0.1) is 0 Å². The molecule has 234 valence electrons. The van der Waals surface area contributed by atoms with Gasteiger partial charge in [0.15, 0.2) is 0 Å². The molecule has 0 bridgehead atoms. The first-order chi connectivity index (χ1) is 21.1. The fourth-order valence-corrected chi connectivity index (χ4v) is 5.63. The van der Waals surface area contributed by atoms with Gasteiger partial charge < -0.3 is 9.47 Å². The summed E-state index contributed by atoms with van der Waals surface area (Å²) in [6, 6.07) is 25.4. The second kappa shape index (κ2) is 20.8. The van der Waals surface area contributed by atoms with Crippen molar-refractivity contribution in [3.8, 4) is 28.0 Å². The number of benzene rings is 3. The van der Waals surface area contributed by atoms with Gasteiger partial charge in [-0.05, 0) is 59.7 Å². The van der Waals surface area contributed by atoms with Crippen LogP contribution in [0.15, 0.2) is 72.8 Å². The van der Waals surface area contributed by atoms with Gasteiger partial charge in [0.2, 0.25) is 0 Å². The first-order valence-electron chi connectivity index (χ1n) is 17.2. The Kier molecular flexibility index (Phi) is 16.6. The van der Waals surface area contributed by atoms with Gasteiger partial charge in [0.1, 0.15) is 11.9 Å². The predicted molar refractivity (Wildman–Crippen MR) is 183 cm³/mol. The second-order valence-electron chi connectivity index (χ2n) is 12.0. The van der Waals surface area contributed by atoms with E-state index in [2.05, 4.69) is 86.6 Å². The van der Waals surface area contributed by atoms with Gasteiger partial charge in [-0.25, -0.2) is 0 Å². The van der Waals surface area contributed by atoms with Crippen LogP contribution in [0.2, 0.25) is 0 Å². The van der Waals surface area contributed by atoms with Crippen molar-refractivity contribution in [3.05, 3.63) is 78.4 Å². The van der Waals surface area contributed by atoms with Crippen LogP contribution >= 0.6 is 0 Å². The van der Waals surface area contributed by atoms with E-state index in [1.165, 1.54) is 93.7 Å². The fourth-order valence-electron chi connectivity index (χ4n) is 5.63. The Bertz CT molecular complexity index is 1150. The normalized spacial score (nSPS) is 11.8. The molecule has 0 amide bonds. The van der Waals surface area contributed by atoms with Crippen molar-refractivity contribution in [3.63, 3.8) is 0 Å². The van der Waals surface area contributed by atoms with Crippen LogP contribution in [0.25, 0.3) is 22.3 Å². The molecule has 0 heterocycles. The molecule has 0 saturated carbocycles. The number of unbranched alkanes of at least 4 members (excludes halogenated alkanes) is 13. The lowest BCUT2D eigenvalue weighted by Gasteiger charge is -2.15. The van der Waals surface area contributed by atoms with Crippen molar-refractivity contribution in [2.75, 3.05) is 6.61 Å². The molecule has 3 nitrogen and oxygen atoms in total. The molecule has 0 aromatic heterocycles. The van der Waals surface area contributed by atoms with E-state index < -0.39 is 0 Å². The van der Waals surface area contributed by atoms with Crippen molar-refractivity contribution in [1.29, 1.82) is 0 Å². The highest BCUT2D eigenvalue weighted by molar-refractivity contribution is 5.83. The highest BCUT2D eigenvalue weighted by atomic mass is 16.5. The van der Waals surface area contributed by atoms with Crippen molar-refractivity contribution < 1.29 is 14.3 Å². The molecule has 0 saturated heterocycles. The molecule has 0 radical (unpaired) electrons. The molecule has 3 aromatic rings. The molecule has 0 aliphatic carbocycles. The van der Waals surface area contributed by atoms with E-state index in [1.54, 1.807) is 0 Å². The maximum absolute atomic E-state index is 12.2. The third-order valence-corrected chi connectivity index (χ3v) is 8.34. The Balaban J connectivity index is 1.44. The zero-order valence-corrected chi connectivity index (χ0v) is 27.3. The van der Waals surface area contributed by atoms with Crippen LogP contribution in [0, 0.1) is 0 Å². The molecule has 0 aliphatic rings. The molecule has 3 heteroatoms. The minimum absolute atomic E-state index is 0.107. The van der Waals surface area contributed by atoms with Crippen molar-refractivity contribution >= 4 is 5.97 Å². The number of rotatable bonds is 22. The summed E-state index contributed by atoms with van der Waals surface area (Å²) < 4.78 is 11.7. The lowest BCUT2D eigenvalue weighted by molar-refractivity contribution is -0.148. The number of ether oxygens (including phenoxy) is 2. The van der Waals surface area contributed by atoms with E-state index in [9.17, 15) is 4.79 Å². The van der Waals surface area contributed by atoms with E-state index in [0.29, 0.717) is 6.42 Å². The zero-order chi connectivity index (χ0) is 30.5. The number of esters is 1. The van der Waals surface area contributed by atoms with E-state index in [1.807, 2.05) is 6.92 Å². The van der Waals surface area contributed by atoms with Crippen molar-refractivity contribution in [2.24, 2.45) is 0 Å². The monoisotopic (exact) mass is 584 g/mol. The third-order valence-electron chi connectivity index (χ3n) is 8.34. The van der Waals surface area contributed by atoms with E-state index in [0.717, 1.165) is 42.7 Å². The van der Waals surface area contributed by atoms with E-state index in [4.69, 9.17) is 9.47 Å². The summed E-state index contributed by atoms with van der Waals surface area (Å²) in [4.78, 5) is 12.2. The Hall–Kier alpha value is -3.07. The predicted octanol–water partition coefficient (Wildman–Crippen LogP) is 12.3. The van der Waals surface area contributed by atoms with Crippen LogP contribution in [0.5, 0.6) is 5.75 Å². The van der Waals surface area contributed by atoms with Gasteiger partial charge in [0.25, 0.3) is 0 Å². The van der Waals surface area contributed by atoms with Crippen molar-refractivity contribution in [2.45, 2.75) is 130 Å². The van der Waals surface area contributed by atoms with Gasteiger partial charge >= 0.3 is 5.97 Å². The first kappa shape index (κ1) is 34.4. The molecule has 0 N–H and O–H groups in total. The third kappa shape index (κ3) is 13.0. The Labute approximate surface area is 262 Å². The maximum Gasteiger partial charge on any atom is 0.306 e. The summed E-state index contributed by atoms with van der Waals surface area (Å²) in [5, 5.41) is 0. The average Bonchev–Trinajstić information content (AvgIpc) is 3.04. The number of hydrogen-bond donors (Lipinski definition) is 0.